The summed E-state index contributed by atoms with van der Waals surface area (Å²) in [7, 11) is 0. The van der Waals surface area contributed by atoms with E-state index in [-0.39, 0.29) is 36.6 Å². The van der Waals surface area contributed by atoms with Gasteiger partial charge in [0.25, 0.3) is 11.8 Å². The average Bonchev–Trinajstić information content (AvgIpc) is 3.10. The zero-order chi connectivity index (χ0) is 26.7. The summed E-state index contributed by atoms with van der Waals surface area (Å²) in [5.41, 5.74) is 1.63. The van der Waals surface area contributed by atoms with E-state index >= 15 is 0 Å². The molecule has 7 nitrogen and oxygen atoms in total. The number of benzene rings is 2. The molecule has 1 spiro atoms. The average molecular weight is 508 g/mol. The molecule has 1 heterocycles. The maximum absolute atomic E-state index is 14.0. The van der Waals surface area contributed by atoms with E-state index in [1.54, 1.807) is 24.3 Å². The highest BCUT2D eigenvalue weighted by atomic mass is 19.1. The highest BCUT2D eigenvalue weighted by Crippen LogP contribution is 2.48. The Morgan fingerprint density at radius 2 is 1.73 bits per heavy atom. The lowest BCUT2D eigenvalue weighted by Gasteiger charge is -2.47. The lowest BCUT2D eigenvalue weighted by molar-refractivity contribution is -0.137. The van der Waals surface area contributed by atoms with Gasteiger partial charge in [-0.05, 0) is 79.5 Å². The van der Waals surface area contributed by atoms with Crippen molar-refractivity contribution >= 4 is 23.5 Å². The van der Waals surface area contributed by atoms with E-state index < -0.39 is 11.6 Å². The van der Waals surface area contributed by atoms with Gasteiger partial charge >= 0.3 is 5.97 Å². The largest absolute Gasteiger partial charge is 0.481 e. The van der Waals surface area contributed by atoms with Crippen molar-refractivity contribution in [3.8, 4) is 0 Å². The van der Waals surface area contributed by atoms with Gasteiger partial charge in [0.1, 0.15) is 17.2 Å². The molecule has 2 N–H and O–H groups in total. The van der Waals surface area contributed by atoms with Crippen LogP contribution in [0.15, 0.2) is 53.5 Å². The van der Waals surface area contributed by atoms with E-state index in [9.17, 15) is 18.8 Å². The Morgan fingerprint density at radius 3 is 2.30 bits per heavy atom. The Hall–Kier alpha value is -3.55. The highest BCUT2D eigenvalue weighted by molar-refractivity contribution is 6.46. The van der Waals surface area contributed by atoms with Crippen molar-refractivity contribution in [1.29, 1.82) is 0 Å². The maximum atomic E-state index is 14.0. The fraction of sp³-hybridized carbons (Fsp3) is 0.448. The Kier molecular flexibility index (Phi) is 7.76. The van der Waals surface area contributed by atoms with Crippen LogP contribution in [0.25, 0.3) is 0 Å². The van der Waals surface area contributed by atoms with Crippen LogP contribution >= 0.6 is 0 Å². The first-order valence-corrected chi connectivity index (χ1v) is 12.9. The van der Waals surface area contributed by atoms with Gasteiger partial charge in [0.05, 0.1) is 12.5 Å². The fourth-order valence-corrected chi connectivity index (χ4v) is 5.99. The van der Waals surface area contributed by atoms with Gasteiger partial charge < -0.3 is 15.3 Å². The van der Waals surface area contributed by atoms with Crippen molar-refractivity contribution < 1.29 is 23.9 Å². The molecule has 3 atom stereocenters. The lowest BCUT2D eigenvalue weighted by Crippen LogP contribution is -2.52. The maximum Gasteiger partial charge on any atom is 0.305 e. The second-order valence-electron chi connectivity index (χ2n) is 10.4. The predicted octanol–water partition coefficient (Wildman–Crippen LogP) is 4.97. The standard InChI is InChI=1S/C29H34FN3O4/c1-4-24(20-5-7-22(8-6-20)27(36)31-14-13-25(34)35)33-28(37)26(21-9-11-23(30)12-10-21)32-29(33)16-18(2)15-19(3)17-29/h5-12,18-19,24H,4,13-17H2,1-3H3,(H,31,36)(H,34,35). The van der Waals surface area contributed by atoms with Crippen LogP contribution in [0.5, 0.6) is 0 Å². The Balaban J connectivity index is 1.66. The Bertz CT molecular complexity index is 1180. The van der Waals surface area contributed by atoms with Crippen LogP contribution in [-0.2, 0) is 9.59 Å². The van der Waals surface area contributed by atoms with Gasteiger partial charge in [-0.1, -0.05) is 32.9 Å². The number of carbonyl (C=O) groups is 3. The Morgan fingerprint density at radius 1 is 1.11 bits per heavy atom. The SMILES string of the molecule is CCC(c1ccc(C(=O)NCCC(=O)O)cc1)N1C(=O)C(c2ccc(F)cc2)=NC12CC(C)CC(C)C2. The van der Waals surface area contributed by atoms with Crippen LogP contribution in [-0.4, -0.2) is 45.7 Å². The molecule has 0 radical (unpaired) electrons. The first kappa shape index (κ1) is 26.5. The molecule has 196 valence electrons. The van der Waals surface area contributed by atoms with Crippen molar-refractivity contribution in [3.05, 3.63) is 71.0 Å². The first-order chi connectivity index (χ1) is 17.6. The van der Waals surface area contributed by atoms with Gasteiger partial charge in [-0.25, -0.2) is 4.39 Å². The van der Waals surface area contributed by atoms with Gasteiger partial charge in [0.15, 0.2) is 0 Å². The van der Waals surface area contributed by atoms with Crippen molar-refractivity contribution in [3.63, 3.8) is 0 Å². The quantitative estimate of drug-likeness (QED) is 0.527. The number of hydrogen-bond donors (Lipinski definition) is 2. The molecule has 0 bridgehead atoms. The number of nitrogens with zero attached hydrogens (tertiary/aromatic N) is 2. The summed E-state index contributed by atoms with van der Waals surface area (Å²) >= 11 is 0. The fourth-order valence-electron chi connectivity index (χ4n) is 5.99. The molecule has 1 aliphatic heterocycles. The third kappa shape index (κ3) is 5.58. The van der Waals surface area contributed by atoms with E-state index in [1.165, 1.54) is 12.1 Å². The van der Waals surface area contributed by atoms with Crippen LogP contribution in [0.4, 0.5) is 4.39 Å². The molecule has 2 aliphatic rings. The monoisotopic (exact) mass is 507 g/mol. The highest BCUT2D eigenvalue weighted by Gasteiger charge is 2.52. The summed E-state index contributed by atoms with van der Waals surface area (Å²) in [5.74, 6) is -1.05. The molecule has 0 aromatic heterocycles. The van der Waals surface area contributed by atoms with Crippen LogP contribution in [0, 0.1) is 17.7 Å². The second-order valence-corrected chi connectivity index (χ2v) is 10.4. The minimum atomic E-state index is -0.973. The number of carbonyl (C=O) groups excluding carboxylic acids is 2. The van der Waals surface area contributed by atoms with Crippen molar-refractivity contribution in [2.45, 2.75) is 64.6 Å². The summed E-state index contributed by atoms with van der Waals surface area (Å²) in [4.78, 5) is 44.1. The number of rotatable bonds is 8. The molecule has 37 heavy (non-hydrogen) atoms. The molecule has 1 saturated carbocycles. The summed E-state index contributed by atoms with van der Waals surface area (Å²) in [5, 5.41) is 11.4. The normalized spacial score (nSPS) is 24.2. The molecule has 0 saturated heterocycles. The zero-order valence-corrected chi connectivity index (χ0v) is 21.5. The lowest BCUT2D eigenvalue weighted by atomic mass is 9.75. The number of nitrogens with one attached hydrogen (secondary N) is 1. The molecule has 8 heteroatoms. The first-order valence-electron chi connectivity index (χ1n) is 12.9. The van der Waals surface area contributed by atoms with Crippen LogP contribution in [0.1, 0.15) is 80.4 Å². The summed E-state index contributed by atoms with van der Waals surface area (Å²) in [6.07, 6.45) is 3.11. The number of halogens is 1. The third-order valence-corrected chi connectivity index (χ3v) is 7.34. The third-order valence-electron chi connectivity index (χ3n) is 7.34. The smallest absolute Gasteiger partial charge is 0.305 e. The molecular weight excluding hydrogens is 473 g/mol. The van der Waals surface area contributed by atoms with E-state index in [0.717, 1.165) is 24.8 Å². The number of carboxylic acid groups (broad SMARTS) is 1. The van der Waals surface area contributed by atoms with Gasteiger partial charge in [-0.2, -0.15) is 0 Å². The minimum absolute atomic E-state index is 0.0537. The van der Waals surface area contributed by atoms with Crippen LogP contribution < -0.4 is 5.32 Å². The molecule has 2 aromatic rings. The van der Waals surface area contributed by atoms with Crippen molar-refractivity contribution in [1.82, 2.24) is 10.2 Å². The molecule has 2 aromatic carbocycles. The van der Waals surface area contributed by atoms with Gasteiger partial charge in [0.2, 0.25) is 0 Å². The van der Waals surface area contributed by atoms with Crippen LogP contribution in [0.2, 0.25) is 0 Å². The number of aliphatic imine (C=N–C) groups is 1. The van der Waals surface area contributed by atoms with E-state index in [0.29, 0.717) is 35.1 Å². The number of carboxylic acids is 1. The van der Waals surface area contributed by atoms with Gasteiger partial charge in [-0.15, -0.1) is 0 Å². The molecule has 3 unspecified atom stereocenters. The van der Waals surface area contributed by atoms with E-state index in [4.69, 9.17) is 10.1 Å². The van der Waals surface area contributed by atoms with Gasteiger partial charge in [0, 0.05) is 17.7 Å². The zero-order valence-electron chi connectivity index (χ0n) is 21.5. The van der Waals surface area contributed by atoms with Gasteiger partial charge in [-0.3, -0.25) is 19.4 Å². The number of aliphatic carboxylic acids is 1. The molecule has 2 amide bonds. The number of amides is 2. The molecule has 1 aliphatic carbocycles. The van der Waals surface area contributed by atoms with E-state index in [2.05, 4.69) is 19.2 Å². The summed E-state index contributed by atoms with van der Waals surface area (Å²) < 4.78 is 13.6. The summed E-state index contributed by atoms with van der Waals surface area (Å²) in [6, 6.07) is 12.8. The molecule has 4 rings (SSSR count). The van der Waals surface area contributed by atoms with E-state index in [1.807, 2.05) is 24.0 Å². The molecule has 1 fully saturated rings. The van der Waals surface area contributed by atoms with Crippen molar-refractivity contribution in [2.75, 3.05) is 6.54 Å². The molecular formula is C29H34FN3O4. The minimum Gasteiger partial charge on any atom is -0.481 e. The van der Waals surface area contributed by atoms with Crippen LogP contribution in [0.3, 0.4) is 0 Å². The van der Waals surface area contributed by atoms with Crippen molar-refractivity contribution in [2.24, 2.45) is 16.8 Å². The topological polar surface area (TPSA) is 99.1 Å². The summed E-state index contributed by atoms with van der Waals surface area (Å²) in [6.45, 7) is 6.48. The Labute approximate surface area is 216 Å². The predicted molar refractivity (Wildman–Crippen MR) is 139 cm³/mol. The number of hydrogen-bond acceptors (Lipinski definition) is 4. The second kappa shape index (κ2) is 10.8.